The van der Waals surface area contributed by atoms with Crippen LogP contribution in [0.3, 0.4) is 0 Å². The molecule has 23 heavy (non-hydrogen) atoms. The second-order valence-corrected chi connectivity index (χ2v) is 4.93. The van der Waals surface area contributed by atoms with E-state index in [0.29, 0.717) is 17.9 Å². The fraction of sp³-hybridized carbons (Fsp3) is 0.353. The minimum Gasteiger partial charge on any atom is -0.478 e. The average Bonchev–Trinajstić information content (AvgIpc) is 2.53. The van der Waals surface area contributed by atoms with E-state index in [1.807, 2.05) is 0 Å². The lowest BCUT2D eigenvalue weighted by atomic mass is 10.2. The van der Waals surface area contributed by atoms with Gasteiger partial charge in [-0.1, -0.05) is 26.2 Å². The van der Waals surface area contributed by atoms with Gasteiger partial charge in [0.05, 0.1) is 12.2 Å². The van der Waals surface area contributed by atoms with Crippen LogP contribution < -0.4 is 5.32 Å². The molecule has 0 heterocycles. The number of carboxylic acids is 1. The number of ether oxygens (including phenoxy) is 1. The molecule has 0 radical (unpaired) electrons. The molecule has 1 rings (SSSR count). The monoisotopic (exact) mass is 319 g/mol. The third-order valence-electron chi connectivity index (χ3n) is 3.00. The summed E-state index contributed by atoms with van der Waals surface area (Å²) in [4.78, 5) is 33.5. The third-order valence-corrected chi connectivity index (χ3v) is 3.00. The number of carbonyl (C=O) groups is 3. The standard InChI is InChI=1S/C17H21NO5/c1-2-3-4-5-12-23-17(22)13-6-8-14(9-7-13)18-15(19)10-11-16(20)21/h6-11H,2-5,12H2,1H3,(H,18,19)(H,20,21)/b11-10-. The van der Waals surface area contributed by atoms with Crippen LogP contribution in [0.2, 0.25) is 0 Å². The fourth-order valence-corrected chi connectivity index (χ4v) is 1.80. The molecule has 0 aliphatic heterocycles. The SMILES string of the molecule is CCCCCCOC(=O)c1ccc(NC(=O)/C=C\C(=O)O)cc1. The van der Waals surface area contributed by atoms with Crippen molar-refractivity contribution in [1.29, 1.82) is 0 Å². The summed E-state index contributed by atoms with van der Waals surface area (Å²) in [6, 6.07) is 6.20. The van der Waals surface area contributed by atoms with Crippen LogP contribution in [0.25, 0.3) is 0 Å². The first-order valence-electron chi connectivity index (χ1n) is 7.52. The number of carbonyl (C=O) groups excluding carboxylic acids is 2. The lowest BCUT2D eigenvalue weighted by Gasteiger charge is -2.06. The van der Waals surface area contributed by atoms with E-state index in [1.54, 1.807) is 24.3 Å². The zero-order valence-electron chi connectivity index (χ0n) is 13.1. The summed E-state index contributed by atoms with van der Waals surface area (Å²) in [6.45, 7) is 2.51. The maximum atomic E-state index is 11.8. The molecule has 0 saturated carbocycles. The maximum absolute atomic E-state index is 11.8. The van der Waals surface area contributed by atoms with Crippen LogP contribution in [0.5, 0.6) is 0 Å². The highest BCUT2D eigenvalue weighted by atomic mass is 16.5. The molecular formula is C17H21NO5. The number of amides is 1. The highest BCUT2D eigenvalue weighted by Crippen LogP contribution is 2.11. The van der Waals surface area contributed by atoms with Crippen molar-refractivity contribution in [1.82, 2.24) is 0 Å². The summed E-state index contributed by atoms with van der Waals surface area (Å²) in [5.74, 6) is -2.15. The molecule has 124 valence electrons. The third kappa shape index (κ3) is 7.80. The molecule has 1 aromatic carbocycles. The van der Waals surface area contributed by atoms with Crippen LogP contribution in [0.15, 0.2) is 36.4 Å². The number of rotatable bonds is 9. The first-order chi connectivity index (χ1) is 11.0. The molecule has 0 fully saturated rings. The van der Waals surface area contributed by atoms with E-state index >= 15 is 0 Å². The van der Waals surface area contributed by atoms with Gasteiger partial charge in [0.15, 0.2) is 0 Å². The predicted octanol–water partition coefficient (Wildman–Crippen LogP) is 3.00. The number of unbranched alkanes of at least 4 members (excludes halogenated alkanes) is 3. The molecule has 6 heteroatoms. The van der Waals surface area contributed by atoms with Gasteiger partial charge in [0.1, 0.15) is 0 Å². The minimum absolute atomic E-state index is 0.398. The van der Waals surface area contributed by atoms with Crippen LogP contribution >= 0.6 is 0 Å². The van der Waals surface area contributed by atoms with Crippen molar-refractivity contribution < 1.29 is 24.2 Å². The zero-order valence-corrected chi connectivity index (χ0v) is 13.1. The van der Waals surface area contributed by atoms with E-state index in [4.69, 9.17) is 9.84 Å². The molecule has 0 bridgehead atoms. The molecule has 6 nitrogen and oxygen atoms in total. The topological polar surface area (TPSA) is 92.7 Å². The van der Waals surface area contributed by atoms with Crippen molar-refractivity contribution in [3.05, 3.63) is 42.0 Å². The summed E-state index contributed by atoms with van der Waals surface area (Å²) < 4.78 is 5.16. The highest BCUT2D eigenvalue weighted by Gasteiger charge is 2.07. The van der Waals surface area contributed by atoms with Crippen molar-refractivity contribution in [3.63, 3.8) is 0 Å². The van der Waals surface area contributed by atoms with Crippen LogP contribution in [-0.4, -0.2) is 29.6 Å². The Morgan fingerprint density at radius 2 is 1.78 bits per heavy atom. The Morgan fingerprint density at radius 3 is 2.39 bits per heavy atom. The highest BCUT2D eigenvalue weighted by molar-refractivity contribution is 6.02. The van der Waals surface area contributed by atoms with Crippen molar-refractivity contribution >= 4 is 23.5 Å². The smallest absolute Gasteiger partial charge is 0.338 e. The number of nitrogens with one attached hydrogen (secondary N) is 1. The molecule has 0 atom stereocenters. The van der Waals surface area contributed by atoms with Crippen molar-refractivity contribution in [3.8, 4) is 0 Å². The molecule has 0 spiro atoms. The lowest BCUT2D eigenvalue weighted by molar-refractivity contribution is -0.131. The van der Waals surface area contributed by atoms with Gasteiger partial charge < -0.3 is 15.2 Å². The van der Waals surface area contributed by atoms with Crippen LogP contribution in [0.1, 0.15) is 43.0 Å². The van der Waals surface area contributed by atoms with E-state index in [0.717, 1.165) is 37.8 Å². The predicted molar refractivity (Wildman–Crippen MR) is 86.3 cm³/mol. The maximum Gasteiger partial charge on any atom is 0.338 e. The quantitative estimate of drug-likeness (QED) is 0.414. The van der Waals surface area contributed by atoms with Gasteiger partial charge >= 0.3 is 11.9 Å². The summed E-state index contributed by atoms with van der Waals surface area (Å²) in [7, 11) is 0. The molecule has 2 N–H and O–H groups in total. The van der Waals surface area contributed by atoms with Gasteiger partial charge in [-0.2, -0.15) is 0 Å². The molecule has 1 aromatic rings. The molecule has 0 saturated heterocycles. The summed E-state index contributed by atoms with van der Waals surface area (Å²) in [5.41, 5.74) is 0.865. The van der Waals surface area contributed by atoms with Gasteiger partial charge in [-0.05, 0) is 30.7 Å². The molecule has 0 aromatic heterocycles. The Bertz CT molecular complexity index is 563. The number of carboxylic acid groups (broad SMARTS) is 1. The molecule has 0 unspecified atom stereocenters. The Hall–Kier alpha value is -2.63. The van der Waals surface area contributed by atoms with Gasteiger partial charge in [0.25, 0.3) is 0 Å². The van der Waals surface area contributed by atoms with E-state index in [2.05, 4.69) is 12.2 Å². The summed E-state index contributed by atoms with van der Waals surface area (Å²) >= 11 is 0. The van der Waals surface area contributed by atoms with Gasteiger partial charge in [0, 0.05) is 17.8 Å². The zero-order chi connectivity index (χ0) is 17.1. The molecular weight excluding hydrogens is 298 g/mol. The average molecular weight is 319 g/mol. The second kappa shape index (κ2) is 10.2. The molecule has 0 aliphatic carbocycles. The van der Waals surface area contributed by atoms with E-state index < -0.39 is 17.8 Å². The second-order valence-electron chi connectivity index (χ2n) is 4.93. The van der Waals surface area contributed by atoms with Gasteiger partial charge in [0.2, 0.25) is 5.91 Å². The van der Waals surface area contributed by atoms with E-state index in [1.165, 1.54) is 0 Å². The van der Waals surface area contributed by atoms with Crippen molar-refractivity contribution in [2.45, 2.75) is 32.6 Å². The number of hydrogen-bond donors (Lipinski definition) is 2. The first kappa shape index (κ1) is 18.4. The number of hydrogen-bond acceptors (Lipinski definition) is 4. The Morgan fingerprint density at radius 1 is 1.09 bits per heavy atom. The van der Waals surface area contributed by atoms with Crippen LogP contribution in [-0.2, 0) is 14.3 Å². The number of benzene rings is 1. The largest absolute Gasteiger partial charge is 0.478 e. The lowest BCUT2D eigenvalue weighted by Crippen LogP contribution is -2.10. The Labute approximate surface area is 135 Å². The molecule has 1 amide bonds. The normalized spacial score (nSPS) is 10.5. The number of esters is 1. The van der Waals surface area contributed by atoms with Crippen LogP contribution in [0, 0.1) is 0 Å². The summed E-state index contributed by atoms with van der Waals surface area (Å²) in [6.07, 6.45) is 5.81. The fourth-order valence-electron chi connectivity index (χ4n) is 1.80. The summed E-state index contributed by atoms with van der Waals surface area (Å²) in [5, 5.41) is 10.9. The van der Waals surface area contributed by atoms with Gasteiger partial charge in [-0.3, -0.25) is 4.79 Å². The van der Waals surface area contributed by atoms with Crippen molar-refractivity contribution in [2.24, 2.45) is 0 Å². The number of aliphatic carboxylic acids is 1. The first-order valence-corrected chi connectivity index (χ1v) is 7.52. The molecule has 0 aliphatic rings. The van der Waals surface area contributed by atoms with Crippen LogP contribution in [0.4, 0.5) is 5.69 Å². The minimum atomic E-state index is -1.20. The Balaban J connectivity index is 2.44. The van der Waals surface area contributed by atoms with Crippen molar-refractivity contribution in [2.75, 3.05) is 11.9 Å². The number of anilines is 1. The van der Waals surface area contributed by atoms with Gasteiger partial charge in [-0.25, -0.2) is 9.59 Å². The van der Waals surface area contributed by atoms with E-state index in [9.17, 15) is 14.4 Å². The Kier molecular flexibility index (Phi) is 8.13. The van der Waals surface area contributed by atoms with E-state index in [-0.39, 0.29) is 0 Å². The van der Waals surface area contributed by atoms with Gasteiger partial charge in [-0.15, -0.1) is 0 Å².